The van der Waals surface area contributed by atoms with Crippen LogP contribution in [0.5, 0.6) is 0 Å². The van der Waals surface area contributed by atoms with Gasteiger partial charge in [-0.1, -0.05) is 182 Å². The zero-order valence-electron chi connectivity index (χ0n) is 25.6. The molecule has 0 aliphatic heterocycles. The molecule has 3 heteroatoms. The molecule has 0 amide bonds. The Morgan fingerprint density at radius 1 is 0.561 bits per heavy atom. The van der Waals surface area contributed by atoms with Crippen LogP contribution in [0.3, 0.4) is 0 Å². The van der Waals surface area contributed by atoms with Crippen molar-refractivity contribution in [2.45, 2.75) is 114 Å². The largest absolute Gasteiger partial charge is 0.394 e. The molecule has 3 nitrogen and oxygen atoms in total. The van der Waals surface area contributed by atoms with Gasteiger partial charge in [0.25, 0.3) is 0 Å². The van der Waals surface area contributed by atoms with E-state index in [0.29, 0.717) is 0 Å². The Balaban J connectivity index is 1.81. The molecule has 0 fully saturated rings. The summed E-state index contributed by atoms with van der Waals surface area (Å²) in [7, 11) is 0. The minimum Gasteiger partial charge on any atom is -0.394 e. The van der Waals surface area contributed by atoms with E-state index in [2.05, 4.69) is 6.92 Å². The maximum Gasteiger partial charge on any atom is 0.113 e. The van der Waals surface area contributed by atoms with Gasteiger partial charge < -0.3 is 15.3 Å². The topological polar surface area (TPSA) is 60.7 Å². The molecule has 3 rings (SSSR count). The molecule has 0 bridgehead atoms. The second-order valence-electron chi connectivity index (χ2n) is 12.0. The highest BCUT2D eigenvalue weighted by atomic mass is 16.4. The Kier molecular flexibility index (Phi) is 14.1. The predicted octanol–water partition coefficient (Wildman–Crippen LogP) is 8.83. The van der Waals surface area contributed by atoms with Gasteiger partial charge in [0.05, 0.1) is 12.0 Å². The first-order chi connectivity index (χ1) is 20.0. The first kappa shape index (κ1) is 33.0. The fraction of sp³-hybridized carbons (Fsp3) is 0.526. The van der Waals surface area contributed by atoms with E-state index in [-0.39, 0.29) is 5.92 Å². The van der Waals surface area contributed by atoms with Crippen molar-refractivity contribution >= 4 is 0 Å². The molecule has 0 aromatic heterocycles. The third-order valence-electron chi connectivity index (χ3n) is 9.14. The smallest absolute Gasteiger partial charge is 0.113 e. The van der Waals surface area contributed by atoms with Crippen molar-refractivity contribution in [1.29, 1.82) is 0 Å². The highest BCUT2D eigenvalue weighted by Crippen LogP contribution is 2.52. The van der Waals surface area contributed by atoms with Crippen molar-refractivity contribution in [3.63, 3.8) is 0 Å². The van der Waals surface area contributed by atoms with Crippen molar-refractivity contribution in [3.8, 4) is 0 Å². The molecular weight excluding hydrogens is 504 g/mol. The number of aliphatic hydroxyl groups is 3. The molecule has 3 aromatic rings. The molecule has 0 spiro atoms. The molecule has 41 heavy (non-hydrogen) atoms. The van der Waals surface area contributed by atoms with Crippen LogP contribution in [0.1, 0.15) is 114 Å². The van der Waals surface area contributed by atoms with Gasteiger partial charge in [0.2, 0.25) is 0 Å². The molecule has 0 radical (unpaired) electrons. The zero-order chi connectivity index (χ0) is 29.4. The lowest BCUT2D eigenvalue weighted by Crippen LogP contribution is -2.64. The summed E-state index contributed by atoms with van der Waals surface area (Å²) >= 11 is 0. The lowest BCUT2D eigenvalue weighted by Gasteiger charge is -2.53. The number of rotatable bonds is 20. The molecule has 224 valence electrons. The number of hydrogen-bond donors (Lipinski definition) is 3. The summed E-state index contributed by atoms with van der Waals surface area (Å²) in [4.78, 5) is 0. The van der Waals surface area contributed by atoms with Gasteiger partial charge in [-0.15, -0.1) is 0 Å². The first-order valence-corrected chi connectivity index (χ1v) is 16.2. The van der Waals surface area contributed by atoms with Crippen LogP contribution in [0.15, 0.2) is 91.0 Å². The number of benzene rings is 3. The summed E-state index contributed by atoms with van der Waals surface area (Å²) in [5.74, 6) is -0.284. The SMILES string of the molecule is CCCCCCCCCCCCCCC(C)C(O)([C@@H](O)CO)C(c1ccccc1)(c1ccccc1)c1ccccc1. The Hall–Kier alpha value is -2.46. The molecule has 0 aliphatic rings. The van der Waals surface area contributed by atoms with Gasteiger partial charge in [0.1, 0.15) is 11.7 Å². The molecule has 0 heterocycles. The average molecular weight is 559 g/mol. The summed E-state index contributed by atoms with van der Waals surface area (Å²) in [5, 5.41) is 34.9. The van der Waals surface area contributed by atoms with Gasteiger partial charge in [-0.05, 0) is 29.0 Å². The van der Waals surface area contributed by atoms with Crippen molar-refractivity contribution in [2.24, 2.45) is 5.92 Å². The third kappa shape index (κ3) is 8.09. The molecule has 0 saturated carbocycles. The number of aliphatic hydroxyl groups excluding tert-OH is 2. The summed E-state index contributed by atoms with van der Waals surface area (Å²) in [5.41, 5.74) is -0.0594. The second kappa shape index (κ2) is 17.5. The Labute approximate surface area is 249 Å². The highest BCUT2D eigenvalue weighted by molar-refractivity contribution is 5.55. The van der Waals surface area contributed by atoms with Crippen molar-refractivity contribution in [3.05, 3.63) is 108 Å². The Bertz CT molecular complexity index is 972. The Morgan fingerprint density at radius 3 is 1.24 bits per heavy atom. The van der Waals surface area contributed by atoms with Crippen LogP contribution in [0.2, 0.25) is 0 Å². The zero-order valence-corrected chi connectivity index (χ0v) is 25.6. The molecule has 3 atom stereocenters. The van der Waals surface area contributed by atoms with Crippen LogP contribution < -0.4 is 0 Å². The molecule has 0 saturated heterocycles. The normalized spacial score (nSPS) is 14.9. The summed E-state index contributed by atoms with van der Waals surface area (Å²) in [6, 6.07) is 30.0. The van der Waals surface area contributed by atoms with E-state index < -0.39 is 23.7 Å². The van der Waals surface area contributed by atoms with E-state index in [0.717, 1.165) is 36.0 Å². The van der Waals surface area contributed by atoms with Crippen molar-refractivity contribution < 1.29 is 15.3 Å². The van der Waals surface area contributed by atoms with E-state index in [1.807, 2.05) is 97.9 Å². The van der Waals surface area contributed by atoms with Gasteiger partial charge in [0, 0.05) is 0 Å². The summed E-state index contributed by atoms with van der Waals surface area (Å²) in [6.07, 6.45) is 14.8. The van der Waals surface area contributed by atoms with Crippen LogP contribution in [0.4, 0.5) is 0 Å². The van der Waals surface area contributed by atoms with Crippen molar-refractivity contribution in [1.82, 2.24) is 0 Å². The second-order valence-corrected chi connectivity index (χ2v) is 12.0. The third-order valence-corrected chi connectivity index (χ3v) is 9.14. The van der Waals surface area contributed by atoms with Gasteiger partial charge in [-0.2, -0.15) is 0 Å². The van der Waals surface area contributed by atoms with E-state index in [1.165, 1.54) is 64.2 Å². The number of hydrogen-bond acceptors (Lipinski definition) is 3. The molecular formula is C38H54O3. The number of unbranched alkanes of at least 4 members (excludes halogenated alkanes) is 11. The standard InChI is InChI=1S/C38H54O3/c1-3-4-5-6-7-8-9-10-11-12-13-17-24-32(2)38(41,36(40)31-39)37(33-25-18-14-19-26-33,34-27-20-15-21-28-34)35-29-22-16-23-30-35/h14-16,18-23,25-30,32,36,39-41H,3-13,17,24,31H2,1-2H3/t32?,36-,38?/m0/s1. The van der Waals surface area contributed by atoms with Gasteiger partial charge in [0.15, 0.2) is 0 Å². The van der Waals surface area contributed by atoms with Gasteiger partial charge in [-0.25, -0.2) is 0 Å². The highest BCUT2D eigenvalue weighted by Gasteiger charge is 2.59. The molecule has 2 unspecified atom stereocenters. The molecule has 3 aromatic carbocycles. The Morgan fingerprint density at radius 2 is 0.902 bits per heavy atom. The van der Waals surface area contributed by atoms with Crippen LogP contribution in [-0.2, 0) is 5.41 Å². The summed E-state index contributed by atoms with van der Waals surface area (Å²) < 4.78 is 0. The van der Waals surface area contributed by atoms with Crippen LogP contribution in [0, 0.1) is 5.92 Å². The van der Waals surface area contributed by atoms with Crippen molar-refractivity contribution in [2.75, 3.05) is 6.61 Å². The lowest BCUT2D eigenvalue weighted by molar-refractivity contribution is -0.155. The maximum atomic E-state index is 13.0. The maximum absolute atomic E-state index is 13.0. The minimum atomic E-state index is -1.66. The molecule has 0 aliphatic carbocycles. The van der Waals surface area contributed by atoms with E-state index in [9.17, 15) is 15.3 Å². The van der Waals surface area contributed by atoms with Crippen LogP contribution in [0.25, 0.3) is 0 Å². The minimum absolute atomic E-state index is 0.284. The average Bonchev–Trinajstić information content (AvgIpc) is 3.02. The van der Waals surface area contributed by atoms with E-state index >= 15 is 0 Å². The monoisotopic (exact) mass is 558 g/mol. The predicted molar refractivity (Wildman–Crippen MR) is 172 cm³/mol. The molecule has 3 N–H and O–H groups in total. The fourth-order valence-electron chi connectivity index (χ4n) is 6.86. The summed E-state index contributed by atoms with van der Waals surface area (Å²) in [6.45, 7) is 3.79. The van der Waals surface area contributed by atoms with Crippen LogP contribution in [-0.4, -0.2) is 33.6 Å². The quantitative estimate of drug-likeness (QED) is 0.0959. The van der Waals surface area contributed by atoms with Gasteiger partial charge in [-0.3, -0.25) is 0 Å². The van der Waals surface area contributed by atoms with E-state index in [4.69, 9.17) is 0 Å². The lowest BCUT2D eigenvalue weighted by atomic mass is 9.53. The van der Waals surface area contributed by atoms with Crippen LogP contribution >= 0.6 is 0 Å². The first-order valence-electron chi connectivity index (χ1n) is 16.2. The fourth-order valence-corrected chi connectivity index (χ4v) is 6.86. The van der Waals surface area contributed by atoms with E-state index in [1.54, 1.807) is 0 Å². The van der Waals surface area contributed by atoms with Gasteiger partial charge >= 0.3 is 0 Å².